The molecule has 1 aliphatic heterocycles. The molecule has 0 aromatic heterocycles. The van der Waals surface area contributed by atoms with Gasteiger partial charge in [0.25, 0.3) is 0 Å². The number of rotatable bonds is 4. The zero-order chi connectivity index (χ0) is 13.9. The first-order chi connectivity index (χ1) is 8.98. The molecule has 1 aliphatic rings. The molecule has 0 N–H and O–H groups in total. The summed E-state index contributed by atoms with van der Waals surface area (Å²) in [6.45, 7) is 3.60. The van der Waals surface area contributed by atoms with Gasteiger partial charge in [-0.3, -0.25) is 4.21 Å². The van der Waals surface area contributed by atoms with Gasteiger partial charge in [0.15, 0.2) is 0 Å². The number of carbonyl (C=O) groups excluding carboxylic acids is 1. The molecule has 1 aromatic rings. The molecule has 1 unspecified atom stereocenters. The largest absolute Gasteiger partial charge is 0.445 e. The standard InChI is InChI=1S/C14H19NO3S/c1-14(11-19(2)17)9-15(10-14)13(16)18-8-12-6-4-3-5-7-12/h3-7H,8-11H2,1-2H3. The molecule has 5 heteroatoms. The average Bonchev–Trinajstić information content (AvgIpc) is 2.33. The molecule has 1 atom stereocenters. The van der Waals surface area contributed by atoms with Crippen molar-refractivity contribution in [2.24, 2.45) is 5.41 Å². The van der Waals surface area contributed by atoms with Gasteiger partial charge in [-0.05, 0) is 5.56 Å². The first-order valence-corrected chi connectivity index (χ1v) is 7.97. The van der Waals surface area contributed by atoms with Gasteiger partial charge in [-0.2, -0.15) is 0 Å². The molecule has 4 nitrogen and oxygen atoms in total. The Labute approximate surface area is 116 Å². The number of amides is 1. The normalized spacial score (nSPS) is 18.5. The minimum absolute atomic E-state index is 0.0224. The van der Waals surface area contributed by atoms with Gasteiger partial charge in [-0.1, -0.05) is 37.3 Å². The van der Waals surface area contributed by atoms with Gasteiger partial charge >= 0.3 is 6.09 Å². The van der Waals surface area contributed by atoms with Crippen molar-refractivity contribution in [1.82, 2.24) is 4.90 Å². The summed E-state index contributed by atoms with van der Waals surface area (Å²) in [4.78, 5) is 13.5. The summed E-state index contributed by atoms with van der Waals surface area (Å²) in [5.74, 6) is 0.634. The van der Waals surface area contributed by atoms with Gasteiger partial charge in [0.05, 0.1) is 0 Å². The predicted octanol–water partition coefficient (Wildman–Crippen LogP) is 2.02. The molecule has 1 saturated heterocycles. The van der Waals surface area contributed by atoms with Crippen molar-refractivity contribution in [2.45, 2.75) is 13.5 Å². The van der Waals surface area contributed by atoms with E-state index in [1.165, 1.54) is 0 Å². The molecule has 1 heterocycles. The van der Waals surface area contributed by atoms with Crippen molar-refractivity contribution >= 4 is 16.9 Å². The second kappa shape index (κ2) is 5.74. The Hall–Kier alpha value is -1.36. The van der Waals surface area contributed by atoms with Crippen LogP contribution >= 0.6 is 0 Å². The van der Waals surface area contributed by atoms with Gasteiger partial charge in [-0.25, -0.2) is 4.79 Å². The van der Waals surface area contributed by atoms with Crippen molar-refractivity contribution in [3.8, 4) is 0 Å². The zero-order valence-corrected chi connectivity index (χ0v) is 12.1. The molecule has 19 heavy (non-hydrogen) atoms. The molecule has 1 amide bonds. The molecule has 0 radical (unpaired) electrons. The number of carbonyl (C=O) groups is 1. The van der Waals surface area contributed by atoms with E-state index in [0.29, 0.717) is 25.4 Å². The molecular formula is C14H19NO3S. The summed E-state index contributed by atoms with van der Waals surface area (Å²) in [6, 6.07) is 9.61. The monoisotopic (exact) mass is 281 g/mol. The van der Waals surface area contributed by atoms with Crippen molar-refractivity contribution in [1.29, 1.82) is 0 Å². The van der Waals surface area contributed by atoms with Crippen LogP contribution < -0.4 is 0 Å². The van der Waals surface area contributed by atoms with Gasteiger partial charge in [0, 0.05) is 41.3 Å². The number of hydrogen-bond donors (Lipinski definition) is 0. The van der Waals surface area contributed by atoms with E-state index in [9.17, 15) is 9.00 Å². The van der Waals surface area contributed by atoms with Crippen LogP contribution in [0.5, 0.6) is 0 Å². The number of ether oxygens (including phenoxy) is 1. The van der Waals surface area contributed by atoms with E-state index >= 15 is 0 Å². The highest BCUT2D eigenvalue weighted by Gasteiger charge is 2.42. The fourth-order valence-corrected chi connectivity index (χ4v) is 3.56. The summed E-state index contributed by atoms with van der Waals surface area (Å²) in [5.41, 5.74) is 0.958. The molecule has 0 spiro atoms. The minimum atomic E-state index is -0.824. The number of nitrogens with zero attached hydrogens (tertiary/aromatic N) is 1. The van der Waals surface area contributed by atoms with Crippen LogP contribution in [0.1, 0.15) is 12.5 Å². The number of likely N-dealkylation sites (tertiary alicyclic amines) is 1. The van der Waals surface area contributed by atoms with Crippen LogP contribution in [0.2, 0.25) is 0 Å². The van der Waals surface area contributed by atoms with Crippen LogP contribution in [0.15, 0.2) is 30.3 Å². The Bertz CT molecular complexity index is 469. The van der Waals surface area contributed by atoms with Crippen LogP contribution in [0.3, 0.4) is 0 Å². The lowest BCUT2D eigenvalue weighted by Gasteiger charge is -2.46. The predicted molar refractivity (Wildman–Crippen MR) is 75.2 cm³/mol. The van der Waals surface area contributed by atoms with Crippen molar-refractivity contribution in [2.75, 3.05) is 25.1 Å². The third kappa shape index (κ3) is 3.80. The summed E-state index contributed by atoms with van der Waals surface area (Å²) < 4.78 is 16.5. The van der Waals surface area contributed by atoms with E-state index in [1.807, 2.05) is 30.3 Å². The highest BCUT2D eigenvalue weighted by molar-refractivity contribution is 7.84. The zero-order valence-electron chi connectivity index (χ0n) is 11.3. The summed E-state index contributed by atoms with van der Waals surface area (Å²) in [7, 11) is -0.824. The Morgan fingerprint density at radius 2 is 2.00 bits per heavy atom. The van der Waals surface area contributed by atoms with E-state index in [0.717, 1.165) is 5.56 Å². The minimum Gasteiger partial charge on any atom is -0.445 e. The van der Waals surface area contributed by atoms with Gasteiger partial charge in [-0.15, -0.1) is 0 Å². The summed E-state index contributed by atoms with van der Waals surface area (Å²) in [6.07, 6.45) is 1.41. The summed E-state index contributed by atoms with van der Waals surface area (Å²) >= 11 is 0. The lowest BCUT2D eigenvalue weighted by Crippen LogP contribution is -2.59. The van der Waals surface area contributed by atoms with Crippen LogP contribution in [-0.2, 0) is 22.1 Å². The fraction of sp³-hybridized carbons (Fsp3) is 0.500. The molecule has 0 saturated carbocycles. The maximum absolute atomic E-state index is 11.8. The van der Waals surface area contributed by atoms with E-state index in [4.69, 9.17) is 4.74 Å². The molecule has 0 aliphatic carbocycles. The van der Waals surface area contributed by atoms with Crippen LogP contribution in [0.4, 0.5) is 4.79 Å². The lowest BCUT2D eigenvalue weighted by atomic mass is 9.84. The molecule has 104 valence electrons. The maximum atomic E-state index is 11.8. The Balaban J connectivity index is 1.76. The Kier molecular flexibility index (Phi) is 4.24. The highest BCUT2D eigenvalue weighted by atomic mass is 32.2. The molecule has 1 fully saturated rings. The number of benzene rings is 1. The topological polar surface area (TPSA) is 46.6 Å². The van der Waals surface area contributed by atoms with E-state index in [-0.39, 0.29) is 11.5 Å². The van der Waals surface area contributed by atoms with Crippen molar-refractivity contribution < 1.29 is 13.7 Å². The third-order valence-electron chi connectivity index (χ3n) is 3.16. The SMILES string of the molecule is CS(=O)CC1(C)CN(C(=O)OCc2ccccc2)C1. The average molecular weight is 281 g/mol. The highest BCUT2D eigenvalue weighted by Crippen LogP contribution is 2.31. The van der Waals surface area contributed by atoms with E-state index < -0.39 is 10.8 Å². The van der Waals surface area contributed by atoms with Crippen molar-refractivity contribution in [3.63, 3.8) is 0 Å². The smallest absolute Gasteiger partial charge is 0.410 e. The van der Waals surface area contributed by atoms with Crippen LogP contribution in [0, 0.1) is 5.41 Å². The summed E-state index contributed by atoms with van der Waals surface area (Å²) in [5, 5.41) is 0. The van der Waals surface area contributed by atoms with Gasteiger partial charge in [0.1, 0.15) is 6.61 Å². The van der Waals surface area contributed by atoms with Gasteiger partial charge in [0.2, 0.25) is 0 Å². The van der Waals surface area contributed by atoms with E-state index in [2.05, 4.69) is 6.92 Å². The Morgan fingerprint density at radius 1 is 1.37 bits per heavy atom. The Morgan fingerprint density at radius 3 is 2.58 bits per heavy atom. The molecule has 1 aromatic carbocycles. The number of hydrogen-bond acceptors (Lipinski definition) is 3. The maximum Gasteiger partial charge on any atom is 0.410 e. The molecule has 2 rings (SSSR count). The molecule has 0 bridgehead atoms. The van der Waals surface area contributed by atoms with Gasteiger partial charge < -0.3 is 9.64 Å². The first kappa shape index (κ1) is 14.1. The van der Waals surface area contributed by atoms with E-state index in [1.54, 1.807) is 11.2 Å². The second-order valence-corrected chi connectivity index (χ2v) is 6.86. The molecular weight excluding hydrogens is 262 g/mol. The van der Waals surface area contributed by atoms with Crippen molar-refractivity contribution in [3.05, 3.63) is 35.9 Å². The van der Waals surface area contributed by atoms with Crippen LogP contribution in [-0.4, -0.2) is 40.3 Å². The third-order valence-corrected chi connectivity index (χ3v) is 4.26. The fourth-order valence-electron chi connectivity index (χ4n) is 2.40. The lowest BCUT2D eigenvalue weighted by molar-refractivity contribution is 0.0160. The second-order valence-electron chi connectivity index (χ2n) is 5.42. The first-order valence-electron chi connectivity index (χ1n) is 6.24. The quantitative estimate of drug-likeness (QED) is 0.848. The van der Waals surface area contributed by atoms with Crippen LogP contribution in [0.25, 0.3) is 0 Å².